The van der Waals surface area contributed by atoms with Gasteiger partial charge in [0.2, 0.25) is 0 Å². The molecular formula is C32H32F16N2. The molecule has 2 aromatic rings. The van der Waals surface area contributed by atoms with E-state index in [4.69, 9.17) is 11.5 Å². The maximum Gasteiger partial charge on any atom is 0.385 e. The molecular weight excluding hydrogens is 716 g/mol. The lowest BCUT2D eigenvalue weighted by molar-refractivity contribution is -0.456. The van der Waals surface area contributed by atoms with Crippen molar-refractivity contribution in [2.75, 3.05) is 11.5 Å². The van der Waals surface area contributed by atoms with Gasteiger partial charge in [0.05, 0.1) is 0 Å². The fourth-order valence-corrected chi connectivity index (χ4v) is 6.08. The van der Waals surface area contributed by atoms with Gasteiger partial charge in [0.15, 0.2) is 0 Å². The predicted molar refractivity (Wildman–Crippen MR) is 151 cm³/mol. The lowest BCUT2D eigenvalue weighted by Gasteiger charge is -2.44. The van der Waals surface area contributed by atoms with Crippen LogP contribution in [0, 0.1) is 0 Å². The summed E-state index contributed by atoms with van der Waals surface area (Å²) in [5.41, 5.74) is 5.59. The number of alkyl halides is 16. The molecule has 0 amide bonds. The third-order valence-corrected chi connectivity index (χ3v) is 9.93. The van der Waals surface area contributed by atoms with E-state index in [2.05, 4.69) is 0 Å². The molecule has 0 aromatic heterocycles. The lowest BCUT2D eigenvalue weighted by atomic mass is 9.76. The van der Waals surface area contributed by atoms with Gasteiger partial charge in [0.25, 0.3) is 0 Å². The fourth-order valence-electron chi connectivity index (χ4n) is 6.08. The minimum Gasteiger partial charge on any atom is -0.398 e. The molecule has 0 spiro atoms. The molecule has 2 aliphatic rings. The highest BCUT2D eigenvalue weighted by atomic mass is 19.4. The van der Waals surface area contributed by atoms with Gasteiger partial charge >= 0.3 is 47.4 Å². The molecule has 4 N–H and O–H groups in total. The Hall–Kier alpha value is -3.08. The van der Waals surface area contributed by atoms with Crippen LogP contribution in [-0.2, 0) is 24.7 Å². The number of aryl methyl sites for hydroxylation is 2. The van der Waals surface area contributed by atoms with Crippen LogP contribution in [0.5, 0.6) is 0 Å². The summed E-state index contributed by atoms with van der Waals surface area (Å²) in [6.07, 6.45) is 1.40. The average molecular weight is 749 g/mol. The zero-order valence-corrected chi connectivity index (χ0v) is 26.3. The Morgan fingerprint density at radius 3 is 0.940 bits per heavy atom. The number of halogens is 16. The Labute approximate surface area is 275 Å². The normalized spacial score (nSPS) is 17.9. The van der Waals surface area contributed by atoms with Gasteiger partial charge in [-0.2, -0.15) is 70.2 Å². The highest BCUT2D eigenvalue weighted by molar-refractivity contribution is 5.59. The third kappa shape index (κ3) is 5.30. The first-order valence-corrected chi connectivity index (χ1v) is 15.5. The molecule has 0 bridgehead atoms. The van der Waals surface area contributed by atoms with Crippen LogP contribution >= 0.6 is 0 Å². The van der Waals surface area contributed by atoms with E-state index in [1.54, 1.807) is 0 Å². The summed E-state index contributed by atoms with van der Waals surface area (Å²) in [5.74, 6) is -63.5. The zero-order valence-electron chi connectivity index (χ0n) is 26.3. The van der Waals surface area contributed by atoms with Gasteiger partial charge in [-0.15, -0.1) is 0 Å². The first kappa shape index (κ1) is 39.7. The molecule has 0 unspecified atom stereocenters. The summed E-state index contributed by atoms with van der Waals surface area (Å²) in [6, 6.07) is 0.486. The molecule has 0 radical (unpaired) electrons. The van der Waals surface area contributed by atoms with Crippen LogP contribution in [0.15, 0.2) is 24.3 Å². The first-order valence-electron chi connectivity index (χ1n) is 15.5. The van der Waals surface area contributed by atoms with Crippen molar-refractivity contribution in [3.8, 4) is 0 Å². The summed E-state index contributed by atoms with van der Waals surface area (Å²) >= 11 is 0. The van der Waals surface area contributed by atoms with Gasteiger partial charge in [-0.25, -0.2) is 0 Å². The van der Waals surface area contributed by atoms with Gasteiger partial charge in [0.1, 0.15) is 0 Å². The second-order valence-corrected chi connectivity index (χ2v) is 12.8. The van der Waals surface area contributed by atoms with Gasteiger partial charge < -0.3 is 11.5 Å². The van der Waals surface area contributed by atoms with Gasteiger partial charge in [-0.05, 0) is 96.9 Å². The van der Waals surface area contributed by atoms with E-state index in [0.29, 0.717) is 12.8 Å². The highest BCUT2D eigenvalue weighted by Gasteiger charge is 2.95. The lowest BCUT2D eigenvalue weighted by Crippen LogP contribution is -2.74. The zero-order chi connectivity index (χ0) is 38.3. The van der Waals surface area contributed by atoms with Crippen molar-refractivity contribution in [1.82, 2.24) is 0 Å². The van der Waals surface area contributed by atoms with Crippen LogP contribution in [0.3, 0.4) is 0 Å². The molecule has 18 heteroatoms. The summed E-state index contributed by atoms with van der Waals surface area (Å²) in [5, 5.41) is 0. The van der Waals surface area contributed by atoms with Crippen LogP contribution < -0.4 is 11.5 Å². The molecule has 2 nitrogen and oxygen atoms in total. The summed E-state index contributed by atoms with van der Waals surface area (Å²) in [4.78, 5) is 0. The quantitative estimate of drug-likeness (QED) is 0.158. The maximum absolute atomic E-state index is 15.2. The number of anilines is 2. The van der Waals surface area contributed by atoms with Crippen molar-refractivity contribution in [2.24, 2.45) is 0 Å². The third-order valence-electron chi connectivity index (χ3n) is 9.93. The topological polar surface area (TPSA) is 52.0 Å². The first-order chi connectivity index (χ1) is 22.6. The van der Waals surface area contributed by atoms with E-state index in [9.17, 15) is 52.7 Å². The summed E-state index contributed by atoms with van der Waals surface area (Å²) in [6.45, 7) is 2.50. The van der Waals surface area contributed by atoms with Crippen molar-refractivity contribution >= 4 is 11.4 Å². The molecule has 0 saturated heterocycles. The number of hydrogen-bond acceptors (Lipinski definition) is 2. The van der Waals surface area contributed by atoms with Crippen LogP contribution in [0.4, 0.5) is 81.6 Å². The Kier molecular flexibility index (Phi) is 9.74. The number of nitrogen functional groups attached to an aromatic ring is 2. The molecule has 0 atom stereocenters. The second-order valence-electron chi connectivity index (χ2n) is 12.8. The average Bonchev–Trinajstić information content (AvgIpc) is 2.96. The standard InChI is InChI=1S/C32H32F16N2/c1-3-15-11-19(13-21(23(15)49)17-7-5-8-17)25(33,34)27(37,38)29(41,42)31(45,46)32(47,48)30(43,44)28(39,40)26(35,36)20-12-16(4-2)24(50)22(14-20)18-9-6-10-18/h11-14,17-18H,3-10,49-50H2,1-2H3. The van der Waals surface area contributed by atoms with E-state index < -0.39 is 70.3 Å². The van der Waals surface area contributed by atoms with Gasteiger partial charge in [-0.1, -0.05) is 26.7 Å². The Bertz CT molecular complexity index is 1480. The minimum absolute atomic E-state index is 0.0934. The molecule has 4 rings (SSSR count). The van der Waals surface area contributed by atoms with Crippen molar-refractivity contribution < 1.29 is 70.2 Å². The molecule has 0 heterocycles. The molecule has 2 aliphatic carbocycles. The number of rotatable bonds is 13. The minimum atomic E-state index is -8.51. The van der Waals surface area contributed by atoms with Crippen molar-refractivity contribution in [3.63, 3.8) is 0 Å². The Balaban J connectivity index is 1.80. The number of benzene rings is 2. The molecule has 50 heavy (non-hydrogen) atoms. The van der Waals surface area contributed by atoms with Gasteiger partial charge in [-0.3, -0.25) is 0 Å². The van der Waals surface area contributed by atoms with E-state index in [0.717, 1.165) is 0 Å². The van der Waals surface area contributed by atoms with Crippen molar-refractivity contribution in [1.29, 1.82) is 0 Å². The van der Waals surface area contributed by atoms with Crippen LogP contribution in [0.2, 0.25) is 0 Å². The highest BCUT2D eigenvalue weighted by Crippen LogP contribution is 2.66. The molecule has 2 aromatic carbocycles. The summed E-state index contributed by atoms with van der Waals surface area (Å²) < 4.78 is 240. The van der Waals surface area contributed by atoms with Crippen LogP contribution in [0.1, 0.15) is 97.6 Å². The fraction of sp³-hybridized carbons (Fsp3) is 0.625. The molecule has 2 fully saturated rings. The predicted octanol–water partition coefficient (Wildman–Crippen LogP) is 11.2. The van der Waals surface area contributed by atoms with E-state index in [1.807, 2.05) is 0 Å². The number of hydrogen-bond donors (Lipinski definition) is 2. The molecule has 282 valence electrons. The van der Waals surface area contributed by atoms with Crippen LogP contribution in [0.25, 0.3) is 0 Å². The molecule has 0 aliphatic heterocycles. The molecule has 2 saturated carbocycles. The Morgan fingerprint density at radius 2 is 0.720 bits per heavy atom. The largest absolute Gasteiger partial charge is 0.398 e. The monoisotopic (exact) mass is 748 g/mol. The summed E-state index contributed by atoms with van der Waals surface area (Å²) in [7, 11) is 0. The number of nitrogens with two attached hydrogens (primary N) is 2. The van der Waals surface area contributed by atoms with E-state index in [-0.39, 0.29) is 96.4 Å². The van der Waals surface area contributed by atoms with E-state index >= 15 is 17.6 Å². The van der Waals surface area contributed by atoms with E-state index in [1.165, 1.54) is 13.8 Å². The Morgan fingerprint density at radius 1 is 0.460 bits per heavy atom. The second kappa shape index (κ2) is 12.3. The van der Waals surface area contributed by atoms with Crippen LogP contribution in [-0.4, -0.2) is 35.5 Å². The van der Waals surface area contributed by atoms with Crippen molar-refractivity contribution in [3.05, 3.63) is 57.6 Å². The maximum atomic E-state index is 15.2. The SMILES string of the molecule is CCc1cc(C(F)(F)C(F)(F)C(F)(F)C(F)(F)C(F)(F)C(F)(F)C(F)(F)C(F)(F)c2cc(CC)c(N)c(C3CCC3)c2)cc(C2CCC2)c1N. The van der Waals surface area contributed by atoms with Crippen molar-refractivity contribution in [2.45, 2.75) is 124 Å². The van der Waals surface area contributed by atoms with Gasteiger partial charge in [0, 0.05) is 22.5 Å². The smallest absolute Gasteiger partial charge is 0.385 e.